The van der Waals surface area contributed by atoms with Crippen LogP contribution < -0.4 is 16.0 Å². The van der Waals surface area contributed by atoms with E-state index in [-0.39, 0.29) is 11.1 Å². The molecule has 0 spiro atoms. The van der Waals surface area contributed by atoms with E-state index >= 15 is 0 Å². The fraction of sp³-hybridized carbons (Fsp3) is 0.143. The van der Waals surface area contributed by atoms with Gasteiger partial charge in [0.15, 0.2) is 0 Å². The van der Waals surface area contributed by atoms with Gasteiger partial charge in [0.2, 0.25) is 0 Å². The molecule has 0 radical (unpaired) electrons. The van der Waals surface area contributed by atoms with E-state index in [1.807, 2.05) is 24.3 Å². The van der Waals surface area contributed by atoms with Gasteiger partial charge in [0.05, 0.1) is 18.2 Å². The van der Waals surface area contributed by atoms with E-state index in [0.29, 0.717) is 0 Å². The van der Waals surface area contributed by atoms with Crippen LogP contribution in [0.2, 0.25) is 5.02 Å². The van der Waals surface area contributed by atoms with E-state index in [2.05, 4.69) is 5.43 Å². The average molecular weight is 281 g/mol. The highest BCUT2D eigenvalue weighted by Crippen LogP contribution is 2.27. The molecular formula is C14H14ClFN2O. The van der Waals surface area contributed by atoms with Crippen molar-refractivity contribution in [1.29, 1.82) is 0 Å². The Bertz CT molecular complexity index is 577. The van der Waals surface area contributed by atoms with Gasteiger partial charge in [-0.1, -0.05) is 29.8 Å². The number of halogens is 2. The molecule has 2 aromatic rings. The largest absolute Gasteiger partial charge is 0.497 e. The summed E-state index contributed by atoms with van der Waals surface area (Å²) in [6.07, 6.45) is 0. The lowest BCUT2D eigenvalue weighted by molar-refractivity contribution is 0.413. The van der Waals surface area contributed by atoms with Crippen molar-refractivity contribution in [3.63, 3.8) is 0 Å². The molecule has 0 amide bonds. The molecule has 1 atom stereocenters. The summed E-state index contributed by atoms with van der Waals surface area (Å²) in [5.74, 6) is 5.86. The first-order valence-electron chi connectivity index (χ1n) is 5.70. The second kappa shape index (κ2) is 6.02. The summed E-state index contributed by atoms with van der Waals surface area (Å²) in [4.78, 5) is 0. The predicted octanol–water partition coefficient (Wildman–Crippen LogP) is 3.04. The van der Waals surface area contributed by atoms with Crippen molar-refractivity contribution in [1.82, 2.24) is 5.43 Å². The molecule has 0 aliphatic carbocycles. The zero-order chi connectivity index (χ0) is 13.8. The third-order valence-corrected chi connectivity index (χ3v) is 3.16. The molecule has 0 heterocycles. The van der Waals surface area contributed by atoms with Crippen molar-refractivity contribution in [2.45, 2.75) is 6.04 Å². The summed E-state index contributed by atoms with van der Waals surface area (Å²) < 4.78 is 18.4. The van der Waals surface area contributed by atoms with E-state index in [1.165, 1.54) is 6.07 Å². The van der Waals surface area contributed by atoms with E-state index in [9.17, 15) is 4.39 Å². The molecule has 0 saturated heterocycles. The van der Waals surface area contributed by atoms with Crippen LogP contribution in [0.5, 0.6) is 5.75 Å². The lowest BCUT2D eigenvalue weighted by atomic mass is 9.99. The maximum Gasteiger partial charge on any atom is 0.141 e. The summed E-state index contributed by atoms with van der Waals surface area (Å²) in [5.41, 5.74) is 4.38. The van der Waals surface area contributed by atoms with Gasteiger partial charge in [-0.2, -0.15) is 0 Å². The van der Waals surface area contributed by atoms with Crippen LogP contribution in [0.4, 0.5) is 4.39 Å². The quantitative estimate of drug-likeness (QED) is 0.668. The Kier molecular flexibility index (Phi) is 4.37. The van der Waals surface area contributed by atoms with Crippen molar-refractivity contribution < 1.29 is 9.13 Å². The number of hydrogen-bond donors (Lipinski definition) is 2. The third kappa shape index (κ3) is 3.04. The molecule has 1 unspecified atom stereocenters. The molecule has 100 valence electrons. The molecular weight excluding hydrogens is 267 g/mol. The van der Waals surface area contributed by atoms with E-state index in [0.717, 1.165) is 16.9 Å². The van der Waals surface area contributed by atoms with Gasteiger partial charge in [0, 0.05) is 0 Å². The molecule has 0 saturated carbocycles. The molecule has 0 aliphatic rings. The van der Waals surface area contributed by atoms with Crippen LogP contribution in [-0.2, 0) is 0 Å². The van der Waals surface area contributed by atoms with Crippen LogP contribution >= 0.6 is 11.6 Å². The van der Waals surface area contributed by atoms with Gasteiger partial charge in [-0.15, -0.1) is 0 Å². The van der Waals surface area contributed by atoms with Gasteiger partial charge in [0.1, 0.15) is 11.6 Å². The maximum atomic E-state index is 13.2. The Hall–Kier alpha value is -1.62. The van der Waals surface area contributed by atoms with Crippen LogP contribution in [0.25, 0.3) is 0 Å². The normalized spacial score (nSPS) is 12.2. The summed E-state index contributed by atoms with van der Waals surface area (Å²) in [6, 6.07) is 11.7. The third-order valence-electron chi connectivity index (χ3n) is 2.87. The molecule has 0 aliphatic heterocycles. The van der Waals surface area contributed by atoms with Crippen LogP contribution in [0.1, 0.15) is 17.2 Å². The molecule has 3 nitrogen and oxygen atoms in total. The Morgan fingerprint density at radius 2 is 1.95 bits per heavy atom. The standard InChI is InChI=1S/C14H14ClFN2O/c1-19-11-4-2-3-9(7-11)14(18-17)10-5-6-13(16)12(15)8-10/h2-8,14,18H,17H2,1H3. The second-order valence-corrected chi connectivity index (χ2v) is 4.46. The summed E-state index contributed by atoms with van der Waals surface area (Å²) in [7, 11) is 1.60. The highest BCUT2D eigenvalue weighted by atomic mass is 35.5. The molecule has 19 heavy (non-hydrogen) atoms. The summed E-state index contributed by atoms with van der Waals surface area (Å²) >= 11 is 5.79. The fourth-order valence-corrected chi connectivity index (χ4v) is 2.09. The van der Waals surface area contributed by atoms with Crippen molar-refractivity contribution in [3.05, 3.63) is 64.4 Å². The average Bonchev–Trinajstić information content (AvgIpc) is 2.44. The molecule has 0 aromatic heterocycles. The minimum absolute atomic E-state index is 0.0700. The van der Waals surface area contributed by atoms with Crippen molar-refractivity contribution in [3.8, 4) is 5.75 Å². The number of hydrogen-bond acceptors (Lipinski definition) is 3. The number of benzene rings is 2. The molecule has 3 N–H and O–H groups in total. The fourth-order valence-electron chi connectivity index (χ4n) is 1.90. The van der Waals surface area contributed by atoms with E-state index < -0.39 is 5.82 Å². The van der Waals surface area contributed by atoms with Crippen molar-refractivity contribution in [2.24, 2.45) is 5.84 Å². The molecule has 2 aromatic carbocycles. The monoisotopic (exact) mass is 280 g/mol. The topological polar surface area (TPSA) is 47.3 Å². The molecule has 5 heteroatoms. The second-order valence-electron chi connectivity index (χ2n) is 4.05. The van der Waals surface area contributed by atoms with Gasteiger partial charge in [-0.25, -0.2) is 9.82 Å². The van der Waals surface area contributed by atoms with E-state index in [1.54, 1.807) is 19.2 Å². The molecule has 0 bridgehead atoms. The number of ether oxygens (including phenoxy) is 1. The number of nitrogens with one attached hydrogen (secondary N) is 1. The summed E-state index contributed by atoms with van der Waals surface area (Å²) in [6.45, 7) is 0. The minimum Gasteiger partial charge on any atom is -0.497 e. The maximum absolute atomic E-state index is 13.2. The highest BCUT2D eigenvalue weighted by Gasteiger charge is 2.14. The highest BCUT2D eigenvalue weighted by molar-refractivity contribution is 6.30. The first kappa shape index (κ1) is 13.8. The Morgan fingerprint density at radius 3 is 2.58 bits per heavy atom. The summed E-state index contributed by atoms with van der Waals surface area (Å²) in [5, 5.41) is 0.0700. The van der Waals surface area contributed by atoms with Crippen LogP contribution in [0.15, 0.2) is 42.5 Å². The first-order valence-corrected chi connectivity index (χ1v) is 6.08. The van der Waals surface area contributed by atoms with E-state index in [4.69, 9.17) is 22.2 Å². The van der Waals surface area contributed by atoms with Gasteiger partial charge in [-0.3, -0.25) is 5.84 Å². The van der Waals surface area contributed by atoms with Gasteiger partial charge in [-0.05, 0) is 35.4 Å². The van der Waals surface area contributed by atoms with Crippen molar-refractivity contribution >= 4 is 11.6 Å². The van der Waals surface area contributed by atoms with Gasteiger partial charge >= 0.3 is 0 Å². The number of methoxy groups -OCH3 is 1. The van der Waals surface area contributed by atoms with Crippen LogP contribution in [-0.4, -0.2) is 7.11 Å². The Labute approximate surface area is 116 Å². The first-order chi connectivity index (χ1) is 9.15. The Balaban J connectivity index is 2.40. The van der Waals surface area contributed by atoms with Gasteiger partial charge in [0.25, 0.3) is 0 Å². The smallest absolute Gasteiger partial charge is 0.141 e. The lowest BCUT2D eigenvalue weighted by Gasteiger charge is -2.18. The van der Waals surface area contributed by atoms with Gasteiger partial charge < -0.3 is 4.74 Å². The van der Waals surface area contributed by atoms with Crippen LogP contribution in [0, 0.1) is 5.82 Å². The number of rotatable bonds is 4. The number of hydrazine groups is 1. The van der Waals surface area contributed by atoms with Crippen LogP contribution in [0.3, 0.4) is 0 Å². The molecule has 2 rings (SSSR count). The number of nitrogens with two attached hydrogens (primary N) is 1. The lowest BCUT2D eigenvalue weighted by Crippen LogP contribution is -2.28. The Morgan fingerprint density at radius 1 is 1.21 bits per heavy atom. The zero-order valence-corrected chi connectivity index (χ0v) is 11.1. The minimum atomic E-state index is -0.452. The zero-order valence-electron chi connectivity index (χ0n) is 10.4. The SMILES string of the molecule is COc1cccc(C(NN)c2ccc(F)c(Cl)c2)c1. The van der Waals surface area contributed by atoms with Crippen molar-refractivity contribution in [2.75, 3.05) is 7.11 Å². The predicted molar refractivity (Wildman–Crippen MR) is 73.6 cm³/mol. The molecule has 0 fully saturated rings.